The molecule has 1 aromatic rings. The summed E-state index contributed by atoms with van der Waals surface area (Å²) >= 11 is 1.59. The lowest BCUT2D eigenvalue weighted by Gasteiger charge is -2.28. The average molecular weight is 311 g/mol. The number of aromatic nitrogens is 1. The van der Waals surface area contributed by atoms with E-state index in [9.17, 15) is 4.79 Å². The molecule has 0 spiro atoms. The minimum atomic E-state index is -0.166. The number of carbonyl (C=O) groups excluding carboxylic acids is 1. The van der Waals surface area contributed by atoms with Gasteiger partial charge in [-0.3, -0.25) is 0 Å². The summed E-state index contributed by atoms with van der Waals surface area (Å²) in [7, 11) is 0. The Morgan fingerprint density at radius 1 is 1.43 bits per heavy atom. The van der Waals surface area contributed by atoms with Crippen LogP contribution in [0.2, 0.25) is 0 Å². The van der Waals surface area contributed by atoms with Gasteiger partial charge in [0.15, 0.2) is 0 Å². The Bertz CT molecular complexity index is 450. The van der Waals surface area contributed by atoms with Crippen molar-refractivity contribution in [1.29, 1.82) is 0 Å². The van der Waals surface area contributed by atoms with Gasteiger partial charge in [0, 0.05) is 11.9 Å². The Kier molecular flexibility index (Phi) is 6.45. The first-order chi connectivity index (χ1) is 10.1. The van der Waals surface area contributed by atoms with E-state index in [1.165, 1.54) is 19.3 Å². The second-order valence-corrected chi connectivity index (χ2v) is 6.70. The molecule has 2 rings (SSSR count). The minimum Gasteiger partial charge on any atom is -0.376 e. The average Bonchev–Trinajstić information content (AvgIpc) is 2.89. The fourth-order valence-corrected chi connectivity index (χ4v) is 3.24. The van der Waals surface area contributed by atoms with Crippen molar-refractivity contribution >= 4 is 17.4 Å². The van der Waals surface area contributed by atoms with Gasteiger partial charge in [0.05, 0.1) is 30.0 Å². The van der Waals surface area contributed by atoms with Crippen molar-refractivity contribution in [3.8, 4) is 0 Å². The lowest BCUT2D eigenvalue weighted by Crippen LogP contribution is -2.38. The summed E-state index contributed by atoms with van der Waals surface area (Å²) in [6, 6.07) is -0.166. The molecule has 5 nitrogen and oxygen atoms in total. The highest BCUT2D eigenvalue weighted by atomic mass is 32.1. The third kappa shape index (κ3) is 5.63. The van der Waals surface area contributed by atoms with Gasteiger partial charge in [-0.05, 0) is 25.7 Å². The number of urea groups is 1. The first kappa shape index (κ1) is 16.2. The number of hydrogen-bond acceptors (Lipinski definition) is 4. The van der Waals surface area contributed by atoms with Crippen LogP contribution in [-0.4, -0.2) is 30.3 Å². The minimum absolute atomic E-state index is 0.166. The molecule has 2 N–H and O–H groups in total. The number of ether oxygens (including phenoxy) is 1. The van der Waals surface area contributed by atoms with Gasteiger partial charge in [0.25, 0.3) is 0 Å². The molecule has 1 saturated carbocycles. The lowest BCUT2D eigenvalue weighted by molar-refractivity contribution is -0.00243. The largest absolute Gasteiger partial charge is 0.376 e. The van der Waals surface area contributed by atoms with Gasteiger partial charge in [0.2, 0.25) is 0 Å². The van der Waals surface area contributed by atoms with Gasteiger partial charge >= 0.3 is 6.03 Å². The molecule has 1 heterocycles. The second kappa shape index (κ2) is 8.34. The van der Waals surface area contributed by atoms with E-state index in [0.29, 0.717) is 31.7 Å². The molecule has 21 heavy (non-hydrogen) atoms. The normalized spacial score (nSPS) is 22.0. The molecule has 1 aromatic heterocycles. The summed E-state index contributed by atoms with van der Waals surface area (Å²) < 4.78 is 5.86. The van der Waals surface area contributed by atoms with Crippen LogP contribution >= 0.6 is 11.3 Å². The Balaban J connectivity index is 1.54. The molecule has 1 fully saturated rings. The van der Waals surface area contributed by atoms with Gasteiger partial charge in [-0.1, -0.05) is 19.8 Å². The maximum atomic E-state index is 11.6. The van der Waals surface area contributed by atoms with Gasteiger partial charge in [-0.25, -0.2) is 9.78 Å². The molecular formula is C15H25N3O2S. The van der Waals surface area contributed by atoms with Crippen LogP contribution in [0.4, 0.5) is 4.79 Å². The van der Waals surface area contributed by atoms with Crippen LogP contribution < -0.4 is 10.6 Å². The van der Waals surface area contributed by atoms with E-state index < -0.39 is 0 Å². The highest BCUT2D eigenvalue weighted by Gasteiger charge is 2.21. The third-order valence-corrected chi connectivity index (χ3v) is 4.67. The number of aryl methyl sites for hydroxylation is 1. The molecule has 0 aliphatic heterocycles. The van der Waals surface area contributed by atoms with Crippen molar-refractivity contribution in [3.63, 3.8) is 0 Å². The van der Waals surface area contributed by atoms with Crippen LogP contribution in [0.1, 0.15) is 43.3 Å². The standard InChI is InChI=1S/C15H25N3O2S/c1-11-5-3-4-6-14(11)20-8-7-16-15(19)17-9-13-10-21-12(2)18-13/h10-11,14H,3-9H2,1-2H3,(H2,16,17,19)/t11-,14+/m0/s1. The van der Waals surface area contributed by atoms with Crippen molar-refractivity contribution in [2.45, 2.75) is 52.2 Å². The van der Waals surface area contributed by atoms with Crippen molar-refractivity contribution in [1.82, 2.24) is 15.6 Å². The SMILES string of the molecule is Cc1nc(CNC(=O)NCCO[C@@H]2CCCC[C@@H]2C)cs1. The molecule has 0 unspecified atom stereocenters. The zero-order chi connectivity index (χ0) is 15.1. The number of carbonyl (C=O) groups is 1. The van der Waals surface area contributed by atoms with Crippen LogP contribution in [0.15, 0.2) is 5.38 Å². The summed E-state index contributed by atoms with van der Waals surface area (Å²) in [4.78, 5) is 15.9. The van der Waals surface area contributed by atoms with E-state index >= 15 is 0 Å². The van der Waals surface area contributed by atoms with E-state index in [1.54, 1.807) is 11.3 Å². The molecule has 6 heteroatoms. The van der Waals surface area contributed by atoms with Gasteiger partial charge in [-0.15, -0.1) is 11.3 Å². The smallest absolute Gasteiger partial charge is 0.315 e. The highest BCUT2D eigenvalue weighted by Crippen LogP contribution is 2.25. The molecule has 0 radical (unpaired) electrons. The summed E-state index contributed by atoms with van der Waals surface area (Å²) in [5, 5.41) is 8.59. The molecule has 118 valence electrons. The van der Waals surface area contributed by atoms with E-state index in [0.717, 1.165) is 17.1 Å². The predicted octanol–water partition coefficient (Wildman–Crippen LogP) is 2.85. The first-order valence-corrected chi connectivity index (χ1v) is 8.57. The second-order valence-electron chi connectivity index (χ2n) is 5.64. The van der Waals surface area contributed by atoms with Gasteiger partial charge < -0.3 is 15.4 Å². The van der Waals surface area contributed by atoms with E-state index in [2.05, 4.69) is 22.5 Å². The predicted molar refractivity (Wildman–Crippen MR) is 84.5 cm³/mol. The van der Waals surface area contributed by atoms with Gasteiger partial charge in [0.1, 0.15) is 0 Å². The summed E-state index contributed by atoms with van der Waals surface area (Å²) in [5.74, 6) is 0.639. The number of amides is 2. The number of rotatable bonds is 6. The zero-order valence-electron chi connectivity index (χ0n) is 12.9. The fourth-order valence-electron chi connectivity index (χ4n) is 2.63. The van der Waals surface area contributed by atoms with Crippen molar-refractivity contribution in [2.75, 3.05) is 13.2 Å². The third-order valence-electron chi connectivity index (χ3n) is 3.85. The molecule has 2 atom stereocenters. The van der Waals surface area contributed by atoms with Crippen LogP contribution in [-0.2, 0) is 11.3 Å². The molecule has 0 bridgehead atoms. The number of thiazole rings is 1. The maximum absolute atomic E-state index is 11.6. The Morgan fingerprint density at radius 3 is 2.95 bits per heavy atom. The quantitative estimate of drug-likeness (QED) is 0.794. The van der Waals surface area contributed by atoms with E-state index in [-0.39, 0.29) is 6.03 Å². The van der Waals surface area contributed by atoms with Crippen LogP contribution in [0, 0.1) is 12.8 Å². The fraction of sp³-hybridized carbons (Fsp3) is 0.733. The monoisotopic (exact) mass is 311 g/mol. The molecule has 1 aliphatic rings. The maximum Gasteiger partial charge on any atom is 0.315 e. The zero-order valence-corrected chi connectivity index (χ0v) is 13.7. The Hall–Kier alpha value is -1.14. The highest BCUT2D eigenvalue weighted by molar-refractivity contribution is 7.09. The lowest BCUT2D eigenvalue weighted by atomic mass is 9.88. The summed E-state index contributed by atoms with van der Waals surface area (Å²) in [5.41, 5.74) is 0.903. The van der Waals surface area contributed by atoms with Crippen LogP contribution in [0.25, 0.3) is 0 Å². The van der Waals surface area contributed by atoms with Crippen LogP contribution in [0.3, 0.4) is 0 Å². The van der Waals surface area contributed by atoms with Crippen molar-refractivity contribution in [3.05, 3.63) is 16.1 Å². The summed E-state index contributed by atoms with van der Waals surface area (Å²) in [6.45, 7) is 5.80. The number of hydrogen-bond donors (Lipinski definition) is 2. The molecular weight excluding hydrogens is 286 g/mol. The molecule has 0 aromatic carbocycles. The molecule has 0 saturated heterocycles. The molecule has 1 aliphatic carbocycles. The van der Waals surface area contributed by atoms with Gasteiger partial charge in [-0.2, -0.15) is 0 Å². The first-order valence-electron chi connectivity index (χ1n) is 7.69. The van der Waals surface area contributed by atoms with Crippen LogP contribution in [0.5, 0.6) is 0 Å². The number of nitrogens with one attached hydrogen (secondary N) is 2. The van der Waals surface area contributed by atoms with E-state index in [4.69, 9.17) is 4.74 Å². The van der Waals surface area contributed by atoms with Crippen molar-refractivity contribution in [2.24, 2.45) is 5.92 Å². The summed E-state index contributed by atoms with van der Waals surface area (Å²) in [6.07, 6.45) is 5.34. The molecule has 2 amide bonds. The Labute approximate surface area is 130 Å². The Morgan fingerprint density at radius 2 is 2.24 bits per heavy atom. The topological polar surface area (TPSA) is 63.2 Å². The van der Waals surface area contributed by atoms with E-state index in [1.807, 2.05) is 12.3 Å². The number of nitrogens with zero attached hydrogens (tertiary/aromatic N) is 1. The van der Waals surface area contributed by atoms with Crippen molar-refractivity contribution < 1.29 is 9.53 Å².